The Morgan fingerprint density at radius 2 is 1.73 bits per heavy atom. The maximum Gasteiger partial charge on any atom is 0.261 e. The summed E-state index contributed by atoms with van der Waals surface area (Å²) in [7, 11) is 0. The molecule has 2 aromatic rings. The molecule has 2 aromatic carbocycles. The van der Waals surface area contributed by atoms with E-state index in [1.54, 1.807) is 18.2 Å². The largest absolute Gasteiger partial charge is 0.333 e. The van der Waals surface area contributed by atoms with Crippen molar-refractivity contribution in [2.24, 2.45) is 0 Å². The quantitative estimate of drug-likeness (QED) is 0.762. The summed E-state index contributed by atoms with van der Waals surface area (Å²) in [5, 5.41) is 3.36. The smallest absolute Gasteiger partial charge is 0.261 e. The molecule has 30 heavy (non-hydrogen) atoms. The third kappa shape index (κ3) is 3.98. The van der Waals surface area contributed by atoms with Gasteiger partial charge in [0.1, 0.15) is 0 Å². The van der Waals surface area contributed by atoms with Crippen LogP contribution in [0.4, 0.5) is 0 Å². The van der Waals surface area contributed by atoms with Gasteiger partial charge in [0, 0.05) is 37.3 Å². The van der Waals surface area contributed by atoms with Crippen LogP contribution in [-0.4, -0.2) is 59.2 Å². The number of nitrogens with zero attached hydrogens (tertiary/aromatic N) is 2. The number of fused-ring (bicyclic) bond motifs is 1. The standard InChI is InChI=1S/C23H25N3O3.ClH/c1-15-16(2)25(13-11-24-15)21(27)18-8-9-19-20(14-18)23(29)26(22(19)28)12-10-17-6-4-3-5-7-17;/h3-9,14-16,24H,10-13H2,1-2H3;1H. The van der Waals surface area contributed by atoms with E-state index < -0.39 is 0 Å². The molecule has 0 bridgehead atoms. The van der Waals surface area contributed by atoms with Crippen LogP contribution in [0.5, 0.6) is 0 Å². The Hall–Kier alpha value is -2.70. The van der Waals surface area contributed by atoms with Crippen molar-refractivity contribution < 1.29 is 14.4 Å². The average Bonchev–Trinajstić information content (AvgIpc) is 2.98. The first kappa shape index (κ1) is 22.0. The summed E-state index contributed by atoms with van der Waals surface area (Å²) in [5.74, 6) is -0.710. The molecule has 0 aliphatic carbocycles. The van der Waals surface area contributed by atoms with Gasteiger partial charge < -0.3 is 10.2 Å². The summed E-state index contributed by atoms with van der Waals surface area (Å²) in [6, 6.07) is 14.9. The monoisotopic (exact) mass is 427 g/mol. The highest BCUT2D eigenvalue weighted by Crippen LogP contribution is 2.25. The molecular formula is C23H26ClN3O3. The Morgan fingerprint density at radius 1 is 1.03 bits per heavy atom. The van der Waals surface area contributed by atoms with Crippen LogP contribution in [0.25, 0.3) is 0 Å². The molecule has 1 fully saturated rings. The highest BCUT2D eigenvalue weighted by molar-refractivity contribution is 6.22. The fourth-order valence-electron chi connectivity index (χ4n) is 4.02. The summed E-state index contributed by atoms with van der Waals surface area (Å²) < 4.78 is 0. The molecule has 2 unspecified atom stereocenters. The van der Waals surface area contributed by atoms with Crippen LogP contribution in [-0.2, 0) is 6.42 Å². The van der Waals surface area contributed by atoms with E-state index in [1.807, 2.05) is 42.2 Å². The molecule has 6 nitrogen and oxygen atoms in total. The van der Waals surface area contributed by atoms with Crippen molar-refractivity contribution in [3.63, 3.8) is 0 Å². The summed E-state index contributed by atoms with van der Waals surface area (Å²) in [6.45, 7) is 5.76. The Balaban J connectivity index is 0.00000256. The second-order valence-electron chi connectivity index (χ2n) is 7.74. The zero-order chi connectivity index (χ0) is 20.5. The lowest BCUT2D eigenvalue weighted by molar-refractivity contribution is 0.0602. The molecule has 1 saturated heterocycles. The van der Waals surface area contributed by atoms with Crippen molar-refractivity contribution in [3.05, 3.63) is 70.8 Å². The zero-order valence-corrected chi connectivity index (χ0v) is 17.9. The molecule has 4 rings (SSSR count). The van der Waals surface area contributed by atoms with Gasteiger partial charge in [0.25, 0.3) is 17.7 Å². The van der Waals surface area contributed by atoms with Crippen LogP contribution >= 0.6 is 12.4 Å². The first-order valence-electron chi connectivity index (χ1n) is 10.1. The van der Waals surface area contributed by atoms with Crippen LogP contribution in [0.15, 0.2) is 48.5 Å². The van der Waals surface area contributed by atoms with Gasteiger partial charge in [-0.1, -0.05) is 30.3 Å². The number of rotatable bonds is 4. The van der Waals surface area contributed by atoms with Crippen molar-refractivity contribution in [1.82, 2.24) is 15.1 Å². The molecule has 2 aliphatic heterocycles. The molecule has 3 amide bonds. The van der Waals surface area contributed by atoms with E-state index in [2.05, 4.69) is 12.2 Å². The SMILES string of the molecule is CC1NCCN(C(=O)c2ccc3c(c2)C(=O)N(CCc2ccccc2)C3=O)C1C.Cl. The number of hydrogen-bond acceptors (Lipinski definition) is 4. The zero-order valence-electron chi connectivity index (χ0n) is 17.1. The second-order valence-corrected chi connectivity index (χ2v) is 7.74. The molecule has 0 saturated carbocycles. The first-order chi connectivity index (χ1) is 14.0. The van der Waals surface area contributed by atoms with Gasteiger partial charge >= 0.3 is 0 Å². The van der Waals surface area contributed by atoms with E-state index in [0.29, 0.717) is 36.2 Å². The number of imide groups is 1. The highest BCUT2D eigenvalue weighted by Gasteiger charge is 2.36. The lowest BCUT2D eigenvalue weighted by atomic mass is 10.0. The van der Waals surface area contributed by atoms with Gasteiger partial charge in [-0.3, -0.25) is 19.3 Å². The third-order valence-electron chi connectivity index (χ3n) is 5.98. The highest BCUT2D eigenvalue weighted by atomic mass is 35.5. The molecule has 0 radical (unpaired) electrons. The van der Waals surface area contributed by atoms with Crippen molar-refractivity contribution in [1.29, 1.82) is 0 Å². The van der Waals surface area contributed by atoms with Crippen LogP contribution in [0.2, 0.25) is 0 Å². The molecule has 0 spiro atoms. The molecule has 158 valence electrons. The van der Waals surface area contributed by atoms with E-state index in [1.165, 1.54) is 4.90 Å². The van der Waals surface area contributed by atoms with Gasteiger partial charge in [0.05, 0.1) is 11.1 Å². The normalized spacial score (nSPS) is 20.7. The Morgan fingerprint density at radius 3 is 2.47 bits per heavy atom. The van der Waals surface area contributed by atoms with Gasteiger partial charge in [0.15, 0.2) is 0 Å². The Kier molecular flexibility index (Phi) is 6.58. The van der Waals surface area contributed by atoms with Crippen LogP contribution < -0.4 is 5.32 Å². The maximum absolute atomic E-state index is 13.0. The van der Waals surface area contributed by atoms with Gasteiger partial charge in [-0.2, -0.15) is 0 Å². The first-order valence-corrected chi connectivity index (χ1v) is 10.1. The molecule has 0 aromatic heterocycles. The molecule has 2 atom stereocenters. The van der Waals surface area contributed by atoms with Gasteiger partial charge in [0.2, 0.25) is 0 Å². The summed E-state index contributed by atoms with van der Waals surface area (Å²) >= 11 is 0. The number of nitrogens with one attached hydrogen (secondary N) is 1. The number of benzene rings is 2. The number of carbonyl (C=O) groups is 3. The molecule has 7 heteroatoms. The van der Waals surface area contributed by atoms with Crippen LogP contribution in [0.3, 0.4) is 0 Å². The van der Waals surface area contributed by atoms with E-state index >= 15 is 0 Å². The van der Waals surface area contributed by atoms with E-state index in [0.717, 1.165) is 12.1 Å². The van der Waals surface area contributed by atoms with E-state index in [4.69, 9.17) is 0 Å². The molecule has 1 N–H and O–H groups in total. The van der Waals surface area contributed by atoms with Crippen molar-refractivity contribution in [3.8, 4) is 0 Å². The van der Waals surface area contributed by atoms with Gasteiger partial charge in [-0.05, 0) is 44.0 Å². The van der Waals surface area contributed by atoms with E-state index in [-0.39, 0.29) is 42.2 Å². The minimum absolute atomic E-state index is 0. The van der Waals surface area contributed by atoms with E-state index in [9.17, 15) is 14.4 Å². The number of amides is 3. The number of carbonyl (C=O) groups excluding carboxylic acids is 3. The predicted octanol–water partition coefficient (Wildman–Crippen LogP) is 2.77. The lowest BCUT2D eigenvalue weighted by Gasteiger charge is -2.38. The van der Waals surface area contributed by atoms with Crippen molar-refractivity contribution >= 4 is 30.1 Å². The molecular weight excluding hydrogens is 402 g/mol. The van der Waals surface area contributed by atoms with Crippen molar-refractivity contribution in [2.45, 2.75) is 32.4 Å². The van der Waals surface area contributed by atoms with Crippen molar-refractivity contribution in [2.75, 3.05) is 19.6 Å². The molecule has 2 heterocycles. The van der Waals surface area contributed by atoms with Crippen LogP contribution in [0.1, 0.15) is 50.5 Å². The molecule has 2 aliphatic rings. The summed E-state index contributed by atoms with van der Waals surface area (Å²) in [4.78, 5) is 41.7. The lowest BCUT2D eigenvalue weighted by Crippen LogP contribution is -2.57. The van der Waals surface area contributed by atoms with Gasteiger partial charge in [-0.25, -0.2) is 0 Å². The Bertz CT molecular complexity index is 963. The Labute approximate surface area is 182 Å². The summed E-state index contributed by atoms with van der Waals surface area (Å²) in [6.07, 6.45) is 0.605. The minimum atomic E-state index is -0.322. The fourth-order valence-corrected chi connectivity index (χ4v) is 4.02. The third-order valence-corrected chi connectivity index (χ3v) is 5.98. The minimum Gasteiger partial charge on any atom is -0.333 e. The maximum atomic E-state index is 13.0. The topological polar surface area (TPSA) is 69.7 Å². The second kappa shape index (κ2) is 8.98. The average molecular weight is 428 g/mol. The fraction of sp³-hybridized carbons (Fsp3) is 0.348. The number of halogens is 1. The number of piperazine rings is 1. The number of hydrogen-bond donors (Lipinski definition) is 1. The van der Waals surface area contributed by atoms with Crippen LogP contribution in [0, 0.1) is 0 Å². The predicted molar refractivity (Wildman–Crippen MR) is 117 cm³/mol. The van der Waals surface area contributed by atoms with Gasteiger partial charge in [-0.15, -0.1) is 12.4 Å². The summed E-state index contributed by atoms with van der Waals surface area (Å²) in [5.41, 5.74) is 2.23.